The number of carbonyl (C=O) groups excluding carboxylic acids is 3. The van der Waals surface area contributed by atoms with Gasteiger partial charge in [-0.05, 0) is 66.6 Å². The number of carbonyl (C=O) groups is 3. The molecule has 32 heavy (non-hydrogen) atoms. The van der Waals surface area contributed by atoms with E-state index in [-0.39, 0.29) is 23.5 Å². The largest absolute Gasteiger partial charge is 0.508 e. The molecule has 0 bridgehead atoms. The summed E-state index contributed by atoms with van der Waals surface area (Å²) in [6.45, 7) is 1.79. The zero-order chi connectivity index (χ0) is 22.7. The lowest BCUT2D eigenvalue weighted by molar-refractivity contribution is -0.134. The van der Waals surface area contributed by atoms with E-state index in [0.29, 0.717) is 44.0 Å². The fraction of sp³-hybridized carbons (Fsp3) is 0.375. The van der Waals surface area contributed by atoms with E-state index in [1.165, 1.54) is 0 Å². The monoisotopic (exact) mass is 436 g/mol. The predicted octanol–water partition coefficient (Wildman–Crippen LogP) is 1.43. The number of likely N-dealkylation sites (tertiary alicyclic amines) is 1. The molecule has 2 aromatic carbocycles. The van der Waals surface area contributed by atoms with Crippen LogP contribution in [0.2, 0.25) is 0 Å². The van der Waals surface area contributed by atoms with Crippen molar-refractivity contribution in [2.24, 2.45) is 11.7 Å². The third-order valence-electron chi connectivity index (χ3n) is 6.18. The molecule has 8 nitrogen and oxygen atoms in total. The summed E-state index contributed by atoms with van der Waals surface area (Å²) in [5, 5.41) is 15.1. The molecule has 2 aliphatic rings. The lowest BCUT2D eigenvalue weighted by atomic mass is 9.95. The maximum absolute atomic E-state index is 12.7. The van der Waals surface area contributed by atoms with Crippen LogP contribution in [0.15, 0.2) is 42.5 Å². The van der Waals surface area contributed by atoms with Gasteiger partial charge in [0.2, 0.25) is 11.8 Å². The van der Waals surface area contributed by atoms with Crippen LogP contribution in [0.25, 0.3) is 0 Å². The van der Waals surface area contributed by atoms with Gasteiger partial charge in [0.25, 0.3) is 5.91 Å². The number of phenols is 1. The van der Waals surface area contributed by atoms with Gasteiger partial charge in [0.05, 0.1) is 12.5 Å². The summed E-state index contributed by atoms with van der Waals surface area (Å²) in [6.07, 6.45) is 2.34. The van der Waals surface area contributed by atoms with E-state index in [4.69, 9.17) is 5.73 Å². The Labute approximate surface area is 186 Å². The maximum Gasteiger partial charge on any atom is 0.251 e. The molecular formula is C24H28N4O4. The van der Waals surface area contributed by atoms with Crippen LogP contribution >= 0.6 is 0 Å². The van der Waals surface area contributed by atoms with Gasteiger partial charge in [0.15, 0.2) is 0 Å². The molecular weight excluding hydrogens is 408 g/mol. The smallest absolute Gasteiger partial charge is 0.251 e. The van der Waals surface area contributed by atoms with E-state index in [2.05, 4.69) is 10.6 Å². The zero-order valence-electron chi connectivity index (χ0n) is 17.8. The minimum atomic E-state index is -0.614. The summed E-state index contributed by atoms with van der Waals surface area (Å²) >= 11 is 0. The average Bonchev–Trinajstić information content (AvgIpc) is 3.18. The van der Waals surface area contributed by atoms with Gasteiger partial charge in [-0.25, -0.2) is 0 Å². The van der Waals surface area contributed by atoms with Gasteiger partial charge in [-0.15, -0.1) is 0 Å². The highest BCUT2D eigenvalue weighted by Gasteiger charge is 2.27. The number of fused-ring (bicyclic) bond motifs is 1. The number of rotatable bonds is 6. The highest BCUT2D eigenvalue weighted by Crippen LogP contribution is 2.24. The van der Waals surface area contributed by atoms with Crippen LogP contribution in [0.1, 0.15) is 34.3 Å². The first-order chi connectivity index (χ1) is 15.4. The van der Waals surface area contributed by atoms with Crippen LogP contribution in [-0.2, 0) is 22.4 Å². The van der Waals surface area contributed by atoms with Gasteiger partial charge in [0.1, 0.15) is 5.75 Å². The summed E-state index contributed by atoms with van der Waals surface area (Å²) in [7, 11) is 0. The van der Waals surface area contributed by atoms with E-state index in [1.807, 2.05) is 0 Å². The second-order valence-electron chi connectivity index (χ2n) is 8.55. The first-order valence-corrected chi connectivity index (χ1v) is 10.9. The van der Waals surface area contributed by atoms with Crippen LogP contribution in [0.3, 0.4) is 0 Å². The van der Waals surface area contributed by atoms with E-state index in [1.54, 1.807) is 47.4 Å². The number of hydrogen-bond donors (Lipinski definition) is 4. The van der Waals surface area contributed by atoms with Crippen LogP contribution in [0.5, 0.6) is 5.75 Å². The van der Waals surface area contributed by atoms with Gasteiger partial charge in [-0.1, -0.05) is 12.1 Å². The minimum absolute atomic E-state index is 0.0540. The van der Waals surface area contributed by atoms with E-state index < -0.39 is 6.04 Å². The van der Waals surface area contributed by atoms with Crippen molar-refractivity contribution in [3.8, 4) is 5.75 Å². The Kier molecular flexibility index (Phi) is 6.41. The number of benzene rings is 2. The number of phenolic OH excluding ortho intramolecular Hbond substituents is 1. The number of amides is 3. The van der Waals surface area contributed by atoms with Crippen LogP contribution in [0, 0.1) is 5.92 Å². The second kappa shape index (κ2) is 9.40. The lowest BCUT2D eigenvalue weighted by Crippen LogP contribution is -2.49. The number of hydrogen-bond acceptors (Lipinski definition) is 5. The van der Waals surface area contributed by atoms with Gasteiger partial charge < -0.3 is 26.4 Å². The number of aromatic hydroxyl groups is 1. The lowest BCUT2D eigenvalue weighted by Gasteiger charge is -2.33. The number of nitrogens with one attached hydrogen (secondary N) is 2. The molecule has 1 fully saturated rings. The highest BCUT2D eigenvalue weighted by molar-refractivity contribution is 6.01. The number of nitrogens with two attached hydrogens (primary N) is 1. The molecule has 0 unspecified atom stereocenters. The maximum atomic E-state index is 12.7. The molecule has 5 N–H and O–H groups in total. The quantitative estimate of drug-likeness (QED) is 0.545. The normalized spacial score (nSPS) is 16.9. The van der Waals surface area contributed by atoms with Crippen molar-refractivity contribution in [2.45, 2.75) is 31.7 Å². The van der Waals surface area contributed by atoms with Crippen molar-refractivity contribution in [2.75, 3.05) is 25.0 Å². The number of nitrogens with zero attached hydrogens (tertiary/aromatic N) is 1. The first-order valence-electron chi connectivity index (χ1n) is 10.9. The molecule has 1 saturated heterocycles. The van der Waals surface area contributed by atoms with Crippen molar-refractivity contribution in [3.63, 3.8) is 0 Å². The molecule has 2 aliphatic heterocycles. The fourth-order valence-corrected chi connectivity index (χ4v) is 4.27. The summed E-state index contributed by atoms with van der Waals surface area (Å²) in [4.78, 5) is 38.5. The Balaban J connectivity index is 1.22. The molecule has 0 aliphatic carbocycles. The number of piperidine rings is 1. The van der Waals surface area contributed by atoms with Crippen LogP contribution in [0.4, 0.5) is 5.69 Å². The van der Waals surface area contributed by atoms with Crippen LogP contribution < -0.4 is 16.4 Å². The standard InChI is InChI=1S/C24H28N4O4/c25-20(11-15-1-4-19(29)5-2-15)24(32)28-9-7-16(8-10-28)14-26-23(31)17-3-6-21-18(12-17)13-22(30)27-21/h1-6,12,16,20,29H,7-11,13-14,25H2,(H,26,31)(H,27,30)/t20-/m0/s1. The topological polar surface area (TPSA) is 125 Å². The van der Waals surface area contributed by atoms with Gasteiger partial charge in [-0.2, -0.15) is 0 Å². The summed E-state index contributed by atoms with van der Waals surface area (Å²) in [6, 6.07) is 11.4. The summed E-state index contributed by atoms with van der Waals surface area (Å²) < 4.78 is 0. The Morgan fingerprint density at radius 2 is 1.88 bits per heavy atom. The van der Waals surface area contributed by atoms with E-state index in [0.717, 1.165) is 29.7 Å². The molecule has 0 radical (unpaired) electrons. The Morgan fingerprint density at radius 3 is 2.59 bits per heavy atom. The van der Waals surface area contributed by atoms with Crippen LogP contribution in [-0.4, -0.2) is 53.4 Å². The van der Waals surface area contributed by atoms with Crippen molar-refractivity contribution in [3.05, 3.63) is 59.2 Å². The molecule has 4 rings (SSSR count). The minimum Gasteiger partial charge on any atom is -0.508 e. The van der Waals surface area contributed by atoms with Gasteiger partial charge >= 0.3 is 0 Å². The summed E-state index contributed by atoms with van der Waals surface area (Å²) in [5.74, 6) is 0.213. The molecule has 2 heterocycles. The molecule has 0 aromatic heterocycles. The molecule has 0 spiro atoms. The fourth-order valence-electron chi connectivity index (χ4n) is 4.27. The molecule has 0 saturated carbocycles. The van der Waals surface area contributed by atoms with Gasteiger partial charge in [-0.3, -0.25) is 14.4 Å². The highest BCUT2D eigenvalue weighted by atomic mass is 16.3. The van der Waals surface area contributed by atoms with Gasteiger partial charge in [0, 0.05) is 30.9 Å². The molecule has 168 valence electrons. The third kappa shape index (κ3) is 5.08. The molecule has 1 atom stereocenters. The molecule has 2 aromatic rings. The molecule has 8 heteroatoms. The Bertz CT molecular complexity index is 1010. The average molecular weight is 437 g/mol. The summed E-state index contributed by atoms with van der Waals surface area (Å²) in [5.41, 5.74) is 9.20. The van der Waals surface area contributed by atoms with Crippen molar-refractivity contribution in [1.82, 2.24) is 10.2 Å². The third-order valence-corrected chi connectivity index (χ3v) is 6.18. The molecule has 3 amide bonds. The second-order valence-corrected chi connectivity index (χ2v) is 8.55. The van der Waals surface area contributed by atoms with E-state index >= 15 is 0 Å². The van der Waals surface area contributed by atoms with Crippen molar-refractivity contribution >= 4 is 23.4 Å². The first kappa shape index (κ1) is 21.8. The zero-order valence-corrected chi connectivity index (χ0v) is 17.8. The predicted molar refractivity (Wildman–Crippen MR) is 120 cm³/mol. The number of anilines is 1. The Morgan fingerprint density at radius 1 is 1.16 bits per heavy atom. The van der Waals surface area contributed by atoms with E-state index in [9.17, 15) is 19.5 Å². The SMILES string of the molecule is N[C@@H](Cc1ccc(O)cc1)C(=O)N1CCC(CNC(=O)c2ccc3c(c2)CC(=O)N3)CC1. The van der Waals surface area contributed by atoms with Crippen molar-refractivity contribution in [1.29, 1.82) is 0 Å². The Hall–Kier alpha value is -3.39. The van der Waals surface area contributed by atoms with Crippen molar-refractivity contribution < 1.29 is 19.5 Å².